The summed E-state index contributed by atoms with van der Waals surface area (Å²) in [5.41, 5.74) is -0.274. The normalized spacial score (nSPS) is 14.0. The lowest BCUT2D eigenvalue weighted by Crippen LogP contribution is -2.23. The van der Waals surface area contributed by atoms with Crippen LogP contribution in [0, 0.1) is 0 Å². The Bertz CT molecular complexity index is 461. The molecule has 0 fully saturated rings. The van der Waals surface area contributed by atoms with Gasteiger partial charge in [-0.25, -0.2) is 4.79 Å². The van der Waals surface area contributed by atoms with E-state index < -0.39 is 17.3 Å². The van der Waals surface area contributed by atoms with Crippen LogP contribution in [-0.2, 0) is 13.0 Å². The predicted octanol–water partition coefficient (Wildman–Crippen LogP) is -0.434. The third-order valence-corrected chi connectivity index (χ3v) is 2.39. The van der Waals surface area contributed by atoms with Crippen LogP contribution in [0.4, 0.5) is 0 Å². The van der Waals surface area contributed by atoms with E-state index in [2.05, 4.69) is 0 Å². The SMILES string of the molecule is O=C(O)c1c([O-])cc(=O)n2c1CCC2. The average molecular weight is 194 g/mol. The summed E-state index contributed by atoms with van der Waals surface area (Å²) < 4.78 is 1.37. The first kappa shape index (κ1) is 8.80. The van der Waals surface area contributed by atoms with Gasteiger partial charge in [0.1, 0.15) is 0 Å². The molecule has 0 aromatic carbocycles. The van der Waals surface area contributed by atoms with Crippen molar-refractivity contribution in [1.82, 2.24) is 4.57 Å². The lowest BCUT2D eigenvalue weighted by atomic mass is 10.1. The van der Waals surface area contributed by atoms with E-state index in [1.165, 1.54) is 4.57 Å². The quantitative estimate of drug-likeness (QED) is 0.657. The fraction of sp³-hybridized carbons (Fsp3) is 0.333. The number of nitrogens with zero attached hydrogens (tertiary/aromatic N) is 1. The fourth-order valence-electron chi connectivity index (χ4n) is 1.81. The van der Waals surface area contributed by atoms with Gasteiger partial charge >= 0.3 is 5.97 Å². The monoisotopic (exact) mass is 194 g/mol. The first-order chi connectivity index (χ1) is 6.61. The van der Waals surface area contributed by atoms with Crippen LogP contribution >= 0.6 is 0 Å². The van der Waals surface area contributed by atoms with E-state index in [1.54, 1.807) is 0 Å². The van der Waals surface area contributed by atoms with Crippen molar-refractivity contribution in [2.75, 3.05) is 0 Å². The molecule has 2 rings (SSSR count). The molecule has 0 bridgehead atoms. The minimum absolute atomic E-state index is 0.248. The molecule has 5 heteroatoms. The molecule has 0 atom stereocenters. The number of fused-ring (bicyclic) bond motifs is 1. The summed E-state index contributed by atoms with van der Waals surface area (Å²) >= 11 is 0. The summed E-state index contributed by atoms with van der Waals surface area (Å²) in [7, 11) is 0. The highest BCUT2D eigenvalue weighted by Gasteiger charge is 2.20. The largest absolute Gasteiger partial charge is 0.872 e. The highest BCUT2D eigenvalue weighted by atomic mass is 16.4. The number of hydrogen-bond acceptors (Lipinski definition) is 3. The molecule has 0 spiro atoms. The van der Waals surface area contributed by atoms with Crippen molar-refractivity contribution >= 4 is 5.97 Å². The van der Waals surface area contributed by atoms with E-state index in [0.717, 1.165) is 12.5 Å². The molecule has 0 saturated heterocycles. The van der Waals surface area contributed by atoms with Crippen LogP contribution in [0.2, 0.25) is 0 Å². The van der Waals surface area contributed by atoms with E-state index in [1.807, 2.05) is 0 Å². The van der Waals surface area contributed by atoms with Gasteiger partial charge in [0.15, 0.2) is 0 Å². The van der Waals surface area contributed by atoms with Gasteiger partial charge < -0.3 is 14.8 Å². The minimum atomic E-state index is -1.25. The molecule has 1 aromatic rings. The molecular formula is C9H8NO4-. The van der Waals surface area contributed by atoms with E-state index in [4.69, 9.17) is 5.11 Å². The Hall–Kier alpha value is -1.78. The highest BCUT2D eigenvalue weighted by Crippen LogP contribution is 2.22. The second-order valence-electron chi connectivity index (χ2n) is 3.23. The molecule has 0 unspecified atom stereocenters. The van der Waals surface area contributed by atoms with Gasteiger partial charge in [-0.15, -0.1) is 0 Å². The number of carbonyl (C=O) groups is 1. The zero-order valence-electron chi connectivity index (χ0n) is 7.32. The van der Waals surface area contributed by atoms with Crippen LogP contribution in [0.25, 0.3) is 0 Å². The maximum absolute atomic E-state index is 11.3. The van der Waals surface area contributed by atoms with Crippen molar-refractivity contribution in [3.63, 3.8) is 0 Å². The van der Waals surface area contributed by atoms with Crippen LogP contribution < -0.4 is 10.7 Å². The maximum atomic E-state index is 11.3. The second kappa shape index (κ2) is 2.87. The van der Waals surface area contributed by atoms with Crippen molar-refractivity contribution in [2.45, 2.75) is 19.4 Å². The van der Waals surface area contributed by atoms with Crippen molar-refractivity contribution in [3.05, 3.63) is 27.7 Å². The molecule has 1 aliphatic rings. The molecule has 0 amide bonds. The van der Waals surface area contributed by atoms with Gasteiger partial charge in [0.25, 0.3) is 0 Å². The van der Waals surface area contributed by atoms with Crippen LogP contribution in [0.5, 0.6) is 5.75 Å². The summed E-state index contributed by atoms with van der Waals surface area (Å²) in [6.07, 6.45) is 1.21. The Morgan fingerprint density at radius 2 is 2.29 bits per heavy atom. The van der Waals surface area contributed by atoms with E-state index in [-0.39, 0.29) is 5.56 Å². The summed E-state index contributed by atoms with van der Waals surface area (Å²) in [5.74, 6) is -1.93. The topological polar surface area (TPSA) is 82.4 Å². The number of hydrogen-bond donors (Lipinski definition) is 1. The number of carboxylic acids is 1. The molecule has 1 N–H and O–H groups in total. The van der Waals surface area contributed by atoms with E-state index >= 15 is 0 Å². The smallest absolute Gasteiger partial charge is 0.336 e. The van der Waals surface area contributed by atoms with Gasteiger partial charge in [0.05, 0.1) is 5.56 Å². The minimum Gasteiger partial charge on any atom is -0.872 e. The summed E-state index contributed by atoms with van der Waals surface area (Å²) in [6.45, 7) is 0.509. The highest BCUT2D eigenvalue weighted by molar-refractivity contribution is 5.91. The van der Waals surface area contributed by atoms with Gasteiger partial charge in [-0.05, 0) is 18.9 Å². The summed E-state index contributed by atoms with van der Waals surface area (Å²) in [6, 6.07) is 0.846. The Morgan fingerprint density at radius 1 is 1.57 bits per heavy atom. The number of aromatic carboxylic acids is 1. The lowest BCUT2D eigenvalue weighted by Gasteiger charge is -2.14. The van der Waals surface area contributed by atoms with Gasteiger partial charge in [-0.3, -0.25) is 4.79 Å². The van der Waals surface area contributed by atoms with E-state index in [0.29, 0.717) is 18.7 Å². The Balaban J connectivity index is 2.78. The van der Waals surface area contributed by atoms with Crippen LogP contribution in [-0.4, -0.2) is 15.6 Å². The number of pyridine rings is 1. The van der Waals surface area contributed by atoms with Crippen molar-refractivity contribution in [2.24, 2.45) is 0 Å². The predicted molar refractivity (Wildman–Crippen MR) is 45.4 cm³/mol. The van der Waals surface area contributed by atoms with E-state index in [9.17, 15) is 14.7 Å². The second-order valence-corrected chi connectivity index (χ2v) is 3.23. The maximum Gasteiger partial charge on any atom is 0.336 e. The molecule has 14 heavy (non-hydrogen) atoms. The van der Waals surface area contributed by atoms with Gasteiger partial charge in [-0.1, -0.05) is 5.75 Å². The zero-order valence-corrected chi connectivity index (χ0v) is 7.32. The molecule has 5 nitrogen and oxygen atoms in total. The average Bonchev–Trinajstić information content (AvgIpc) is 2.51. The number of aromatic nitrogens is 1. The van der Waals surface area contributed by atoms with Gasteiger partial charge in [0, 0.05) is 12.2 Å². The number of carboxylic acid groups (broad SMARTS) is 1. The molecule has 0 radical (unpaired) electrons. The molecule has 1 aliphatic heterocycles. The lowest BCUT2D eigenvalue weighted by molar-refractivity contribution is -0.269. The van der Waals surface area contributed by atoms with Crippen molar-refractivity contribution in [3.8, 4) is 5.75 Å². The summed E-state index contributed by atoms with van der Waals surface area (Å²) in [5, 5.41) is 20.1. The zero-order chi connectivity index (χ0) is 10.3. The van der Waals surface area contributed by atoms with Gasteiger partial charge in [0.2, 0.25) is 5.56 Å². The Morgan fingerprint density at radius 3 is 2.93 bits per heavy atom. The van der Waals surface area contributed by atoms with Crippen LogP contribution in [0.1, 0.15) is 22.5 Å². The molecule has 0 aliphatic carbocycles. The fourth-order valence-corrected chi connectivity index (χ4v) is 1.81. The Labute approximate surface area is 79.2 Å². The van der Waals surface area contributed by atoms with Gasteiger partial charge in [-0.2, -0.15) is 0 Å². The van der Waals surface area contributed by atoms with Crippen LogP contribution in [0.15, 0.2) is 10.9 Å². The van der Waals surface area contributed by atoms with Crippen LogP contribution in [0.3, 0.4) is 0 Å². The van der Waals surface area contributed by atoms with Crippen molar-refractivity contribution < 1.29 is 15.0 Å². The standard InChI is InChI=1S/C9H9NO4/c11-6-4-7(12)10-3-1-2-5(10)8(6)9(13)14/h4,11H,1-3H2,(H,13,14)/p-1. The molecule has 1 aromatic heterocycles. The third kappa shape index (κ3) is 1.09. The Kier molecular flexibility index (Phi) is 1.80. The third-order valence-electron chi connectivity index (χ3n) is 2.39. The molecule has 0 saturated carbocycles. The number of rotatable bonds is 1. The van der Waals surface area contributed by atoms with Crippen molar-refractivity contribution in [1.29, 1.82) is 0 Å². The molecule has 74 valence electrons. The summed E-state index contributed by atoms with van der Waals surface area (Å²) in [4.78, 5) is 22.1. The first-order valence-electron chi connectivity index (χ1n) is 4.28. The first-order valence-corrected chi connectivity index (χ1v) is 4.28. The molecular weight excluding hydrogens is 186 g/mol. The molecule has 2 heterocycles.